The van der Waals surface area contributed by atoms with E-state index >= 15 is 0 Å². The normalized spacial score (nSPS) is 22.9. The molecule has 4 N–H and O–H groups in total. The van der Waals surface area contributed by atoms with Crippen LogP contribution in [0.4, 0.5) is 21.6 Å². The molecule has 0 radical (unpaired) electrons. The lowest BCUT2D eigenvalue weighted by Gasteiger charge is -2.15. The molecule has 0 spiro atoms. The molecule has 11 heteroatoms. The Morgan fingerprint density at radius 1 is 1.14 bits per heavy atom. The maximum Gasteiger partial charge on any atom is 0.178 e. The van der Waals surface area contributed by atoms with Gasteiger partial charge in [0.25, 0.3) is 0 Å². The van der Waals surface area contributed by atoms with Gasteiger partial charge in [-0.2, -0.15) is 0 Å². The first kappa shape index (κ1) is 23.7. The van der Waals surface area contributed by atoms with E-state index in [4.69, 9.17) is 9.72 Å². The molecule has 4 aromatic rings. The molecule has 1 aromatic carbocycles. The minimum absolute atomic E-state index is 0.0566. The third-order valence-corrected chi connectivity index (χ3v) is 7.11. The largest absolute Gasteiger partial charge is 0.392 e. The first-order valence-corrected chi connectivity index (χ1v) is 12.5. The number of ether oxygens (including phenoxy) is 1. The van der Waals surface area contributed by atoms with Gasteiger partial charge in [0.2, 0.25) is 0 Å². The summed E-state index contributed by atoms with van der Waals surface area (Å²) in [7, 11) is 1.84. The lowest BCUT2D eigenvalue weighted by Crippen LogP contribution is -2.34. The molecule has 2 aliphatic rings. The van der Waals surface area contributed by atoms with Gasteiger partial charge < -0.3 is 20.5 Å². The molecule has 1 saturated carbocycles. The van der Waals surface area contributed by atoms with Gasteiger partial charge in [-0.25, -0.2) is 24.3 Å². The molecule has 4 heterocycles. The van der Waals surface area contributed by atoms with Crippen molar-refractivity contribution in [1.82, 2.24) is 29.8 Å². The number of imidazole rings is 1. The Hall–Kier alpha value is -3.67. The van der Waals surface area contributed by atoms with Crippen LogP contribution in [0.3, 0.4) is 0 Å². The molecule has 1 aliphatic heterocycles. The van der Waals surface area contributed by atoms with Gasteiger partial charge in [0.15, 0.2) is 29.7 Å². The van der Waals surface area contributed by atoms with Gasteiger partial charge in [0.1, 0.15) is 11.3 Å². The Morgan fingerprint density at radius 2 is 1.97 bits per heavy atom. The van der Waals surface area contributed by atoms with E-state index in [1.807, 2.05) is 29.8 Å². The van der Waals surface area contributed by atoms with Crippen LogP contribution in [-0.4, -0.2) is 48.9 Å². The van der Waals surface area contributed by atoms with Gasteiger partial charge >= 0.3 is 0 Å². The van der Waals surface area contributed by atoms with Gasteiger partial charge in [-0.05, 0) is 42.5 Å². The number of epoxide rings is 1. The van der Waals surface area contributed by atoms with E-state index in [0.717, 1.165) is 23.6 Å². The number of anilines is 3. The number of hydrogen-bond donors (Lipinski definition) is 4. The second kappa shape index (κ2) is 9.66. The molecule has 10 nitrogen and oxygen atoms in total. The maximum absolute atomic E-state index is 13.3. The van der Waals surface area contributed by atoms with Gasteiger partial charge in [0.05, 0.1) is 31.0 Å². The minimum atomic E-state index is -0.510. The van der Waals surface area contributed by atoms with Gasteiger partial charge in [0, 0.05) is 30.4 Å². The molecule has 2 fully saturated rings. The number of benzene rings is 1. The number of aliphatic hydroxyl groups excluding tert-OH is 1. The fraction of sp³-hybridized carbons (Fsp3) is 0.385. The summed E-state index contributed by atoms with van der Waals surface area (Å²) in [4.78, 5) is 17.6. The zero-order valence-electron chi connectivity index (χ0n) is 20.6. The molecular formula is C26H29FN8O2. The van der Waals surface area contributed by atoms with Crippen LogP contribution in [0.2, 0.25) is 0 Å². The second-order valence-corrected chi connectivity index (χ2v) is 9.68. The van der Waals surface area contributed by atoms with Crippen LogP contribution in [-0.2, 0) is 11.3 Å². The average Bonchev–Trinajstić information content (AvgIpc) is 3.33. The van der Waals surface area contributed by atoms with Crippen LogP contribution in [0.15, 0.2) is 43.0 Å². The topological polar surface area (TPSA) is 125 Å². The summed E-state index contributed by atoms with van der Waals surface area (Å²) in [5.41, 5.74) is 4.27. The minimum Gasteiger partial charge on any atom is -0.392 e. The van der Waals surface area contributed by atoms with Gasteiger partial charge in [-0.1, -0.05) is 13.3 Å². The number of hydrogen-bond acceptors (Lipinski definition) is 9. The molecule has 6 rings (SSSR count). The number of nitrogens with zero attached hydrogens (tertiary/aromatic N) is 5. The first-order chi connectivity index (χ1) is 18.0. The number of halogens is 1. The Morgan fingerprint density at radius 3 is 2.70 bits per heavy atom. The number of aromatic nitrogens is 5. The van der Waals surface area contributed by atoms with Crippen molar-refractivity contribution in [1.29, 1.82) is 0 Å². The summed E-state index contributed by atoms with van der Waals surface area (Å²) in [6.45, 7) is 2.12. The summed E-state index contributed by atoms with van der Waals surface area (Å²) < 4.78 is 21.2. The highest BCUT2D eigenvalue weighted by atomic mass is 19.1. The molecule has 1 saturated heterocycles. The van der Waals surface area contributed by atoms with Crippen molar-refractivity contribution < 1.29 is 14.2 Å². The van der Waals surface area contributed by atoms with Crippen LogP contribution in [0.5, 0.6) is 0 Å². The third kappa shape index (κ3) is 4.73. The highest BCUT2D eigenvalue weighted by Crippen LogP contribution is 2.38. The SMILES string of the molecule is CNc1cc(Nc2cc(CO)cc(-c3ncc(F)cn3)c2)nc2c1ncn2C1OC1N[C@@H]1CCC[C@H]1C. The molecular weight excluding hydrogens is 475 g/mol. The number of pyridine rings is 1. The quantitative estimate of drug-likeness (QED) is 0.264. The van der Waals surface area contributed by atoms with E-state index in [-0.39, 0.29) is 19.1 Å². The summed E-state index contributed by atoms with van der Waals surface area (Å²) in [6, 6.07) is 7.78. The van der Waals surface area contributed by atoms with E-state index in [9.17, 15) is 9.50 Å². The van der Waals surface area contributed by atoms with Crippen molar-refractivity contribution in [2.75, 3.05) is 17.7 Å². The van der Waals surface area contributed by atoms with Crippen LogP contribution in [0.25, 0.3) is 22.6 Å². The maximum atomic E-state index is 13.3. The lowest BCUT2D eigenvalue weighted by atomic mass is 10.1. The van der Waals surface area contributed by atoms with Crippen LogP contribution in [0.1, 0.15) is 38.0 Å². The van der Waals surface area contributed by atoms with E-state index in [2.05, 4.69) is 37.8 Å². The third-order valence-electron chi connectivity index (χ3n) is 7.11. The summed E-state index contributed by atoms with van der Waals surface area (Å²) >= 11 is 0. The lowest BCUT2D eigenvalue weighted by molar-refractivity contribution is 0.282. The van der Waals surface area contributed by atoms with E-state index in [0.29, 0.717) is 46.1 Å². The summed E-state index contributed by atoms with van der Waals surface area (Å²) in [5, 5.41) is 20.0. The Bertz CT molecular complexity index is 1430. The summed E-state index contributed by atoms with van der Waals surface area (Å²) in [6.07, 6.45) is 7.45. The Labute approximate surface area is 213 Å². The zero-order chi connectivity index (χ0) is 25.5. The van der Waals surface area contributed by atoms with Crippen molar-refractivity contribution in [3.63, 3.8) is 0 Å². The van der Waals surface area contributed by atoms with Crippen LogP contribution >= 0.6 is 0 Å². The zero-order valence-corrected chi connectivity index (χ0v) is 20.6. The number of rotatable bonds is 8. The molecule has 4 atom stereocenters. The van der Waals surface area contributed by atoms with Crippen molar-refractivity contribution in [2.24, 2.45) is 5.92 Å². The number of aliphatic hydroxyl groups is 1. The van der Waals surface area contributed by atoms with Crippen LogP contribution < -0.4 is 16.0 Å². The van der Waals surface area contributed by atoms with Crippen molar-refractivity contribution in [3.8, 4) is 11.4 Å². The van der Waals surface area contributed by atoms with Crippen molar-refractivity contribution >= 4 is 28.4 Å². The molecule has 192 valence electrons. The summed E-state index contributed by atoms with van der Waals surface area (Å²) in [5.74, 6) is 1.09. The Kier molecular flexibility index (Phi) is 6.19. The molecule has 1 aliphatic carbocycles. The molecule has 37 heavy (non-hydrogen) atoms. The fourth-order valence-electron chi connectivity index (χ4n) is 5.08. The van der Waals surface area contributed by atoms with Crippen molar-refractivity contribution in [2.45, 2.75) is 51.3 Å². The highest BCUT2D eigenvalue weighted by molar-refractivity contribution is 5.88. The van der Waals surface area contributed by atoms with E-state index < -0.39 is 5.82 Å². The van der Waals surface area contributed by atoms with Gasteiger partial charge in [-0.15, -0.1) is 0 Å². The monoisotopic (exact) mass is 504 g/mol. The molecule has 3 aromatic heterocycles. The highest BCUT2D eigenvalue weighted by Gasteiger charge is 2.44. The average molecular weight is 505 g/mol. The van der Waals surface area contributed by atoms with Crippen molar-refractivity contribution in [3.05, 3.63) is 54.4 Å². The predicted octanol–water partition coefficient (Wildman–Crippen LogP) is 3.94. The van der Waals surface area contributed by atoms with E-state index in [1.54, 1.807) is 12.4 Å². The standard InChI is InChI=1S/C26H29FN8O2/c1-14-4-3-5-19(14)33-25-26(37-25)35-13-31-22-20(28-2)9-21(34-24(22)35)32-18-7-15(12-36)6-16(8-18)23-29-10-17(27)11-30-23/h6-11,13-14,19,25-26,33,36H,3-5,12H2,1-2H3,(H2,28,32,34)/t14-,19-,25?,26?/m1/s1. The fourth-order valence-corrected chi connectivity index (χ4v) is 5.08. The number of fused-ring (bicyclic) bond motifs is 1. The first-order valence-electron chi connectivity index (χ1n) is 12.5. The molecule has 0 amide bonds. The second-order valence-electron chi connectivity index (χ2n) is 9.68. The van der Waals surface area contributed by atoms with Gasteiger partial charge in [-0.3, -0.25) is 9.88 Å². The van der Waals surface area contributed by atoms with Crippen LogP contribution in [0, 0.1) is 11.7 Å². The number of nitrogens with one attached hydrogen (secondary N) is 3. The molecule has 2 unspecified atom stereocenters. The Balaban J connectivity index is 1.29. The predicted molar refractivity (Wildman–Crippen MR) is 138 cm³/mol. The smallest absolute Gasteiger partial charge is 0.178 e. The molecule has 0 bridgehead atoms. The van der Waals surface area contributed by atoms with E-state index in [1.165, 1.54) is 19.3 Å².